The van der Waals surface area contributed by atoms with E-state index in [0.717, 1.165) is 0 Å². The van der Waals surface area contributed by atoms with Gasteiger partial charge in [0.1, 0.15) is 0 Å². The molecule has 0 amide bonds. The van der Waals surface area contributed by atoms with E-state index < -0.39 is 6.29 Å². The van der Waals surface area contributed by atoms with Gasteiger partial charge in [0, 0.05) is 18.2 Å². The summed E-state index contributed by atoms with van der Waals surface area (Å²) in [7, 11) is 0. The van der Waals surface area contributed by atoms with Crippen LogP contribution in [0.2, 0.25) is 0 Å². The van der Waals surface area contributed by atoms with Crippen LogP contribution < -0.4 is 0 Å². The molecule has 4 nitrogen and oxygen atoms in total. The van der Waals surface area contributed by atoms with Crippen molar-refractivity contribution >= 4 is 0 Å². The molecule has 0 aliphatic carbocycles. The van der Waals surface area contributed by atoms with Crippen molar-refractivity contribution in [3.8, 4) is 6.07 Å². The maximum absolute atomic E-state index is 9.64. The highest BCUT2D eigenvalue weighted by Gasteiger charge is 2.08. The topological polar surface area (TPSA) is 45.9 Å². The van der Waals surface area contributed by atoms with Crippen LogP contribution in [0.25, 0.3) is 5.01 Å². The lowest BCUT2D eigenvalue weighted by Gasteiger charge is -2.04. The van der Waals surface area contributed by atoms with Crippen molar-refractivity contribution in [2.75, 3.05) is 13.2 Å². The molecule has 0 saturated carbocycles. The fraction of sp³-hybridized carbons (Fsp3) is 0.833. The zero-order valence-corrected chi connectivity index (χ0v) is 6.16. The molecule has 0 heterocycles. The Bertz CT molecular complexity index is 121. The molecule has 0 bridgehead atoms. The number of ether oxygens (including phenoxy) is 2. The Labute approximate surface area is 60.1 Å². The molecule has 0 spiro atoms. The van der Waals surface area contributed by atoms with Crippen LogP contribution in [0.1, 0.15) is 13.8 Å². The van der Waals surface area contributed by atoms with E-state index in [9.17, 15) is 5.21 Å². The first-order valence-corrected chi connectivity index (χ1v) is 3.16. The van der Waals surface area contributed by atoms with Gasteiger partial charge in [0.15, 0.2) is 0 Å². The third-order valence-electron chi connectivity index (χ3n) is 0.794. The highest BCUT2D eigenvalue weighted by Crippen LogP contribution is 1.92. The minimum atomic E-state index is -0.701. The second-order valence-electron chi connectivity index (χ2n) is 1.46. The minimum absolute atomic E-state index is 0.479. The molecule has 4 heteroatoms. The molecule has 0 fully saturated rings. The van der Waals surface area contributed by atoms with Crippen molar-refractivity contribution < 1.29 is 9.47 Å². The highest BCUT2D eigenvalue weighted by atomic mass is 16.7. The molecule has 0 radical (unpaired) electrons. The lowest BCUT2D eigenvalue weighted by Crippen LogP contribution is -2.14. The maximum Gasteiger partial charge on any atom is 0.361 e. The summed E-state index contributed by atoms with van der Waals surface area (Å²) in [6, 6.07) is 2.11. The predicted molar refractivity (Wildman–Crippen MR) is 37.7 cm³/mol. The molecule has 0 aromatic rings. The lowest BCUT2D eigenvalue weighted by atomic mass is 10.7. The molecule has 0 rings (SSSR count). The average molecular weight is 145 g/mol. The van der Waals surface area contributed by atoms with Gasteiger partial charge in [0.25, 0.3) is 6.29 Å². The summed E-state index contributed by atoms with van der Waals surface area (Å²) >= 11 is 0. The van der Waals surface area contributed by atoms with Crippen LogP contribution in [0.15, 0.2) is 0 Å². The van der Waals surface area contributed by atoms with Crippen molar-refractivity contribution in [3.63, 3.8) is 0 Å². The van der Waals surface area contributed by atoms with Gasteiger partial charge in [0.2, 0.25) is 0 Å². The summed E-state index contributed by atoms with van der Waals surface area (Å²) in [4.78, 5) is 0. The normalized spacial score (nSPS) is 9.10. The standard InChI is InChI=1S/C6H11NO3/c1-3-9-6(5-7-8)10-4-2/h6H,3-4H2,1-2H3. The van der Waals surface area contributed by atoms with E-state index in [4.69, 9.17) is 9.47 Å². The minimum Gasteiger partial charge on any atom is -0.498 e. The first-order valence-electron chi connectivity index (χ1n) is 3.16. The van der Waals surface area contributed by atoms with Crippen LogP contribution >= 0.6 is 0 Å². The highest BCUT2D eigenvalue weighted by molar-refractivity contribution is 4.91. The summed E-state index contributed by atoms with van der Waals surface area (Å²) in [5.41, 5.74) is 0. The Hall–Kier alpha value is -0.790. The maximum atomic E-state index is 9.64. The third-order valence-corrected chi connectivity index (χ3v) is 0.794. The Morgan fingerprint density at radius 1 is 1.40 bits per heavy atom. The van der Waals surface area contributed by atoms with E-state index in [1.54, 1.807) is 13.8 Å². The summed E-state index contributed by atoms with van der Waals surface area (Å²) in [5, 5.41) is 12.1. The quantitative estimate of drug-likeness (QED) is 0.441. The van der Waals surface area contributed by atoms with Gasteiger partial charge in [-0.15, -0.1) is 0 Å². The molecule has 0 aromatic heterocycles. The molecule has 0 saturated heterocycles. The fourth-order valence-corrected chi connectivity index (χ4v) is 0.468. The van der Waals surface area contributed by atoms with Crippen molar-refractivity contribution in [1.29, 1.82) is 0 Å². The molecule has 0 aliphatic heterocycles. The van der Waals surface area contributed by atoms with Crippen LogP contribution in [0.5, 0.6) is 0 Å². The van der Waals surface area contributed by atoms with Crippen LogP contribution in [0.3, 0.4) is 0 Å². The van der Waals surface area contributed by atoms with Crippen molar-refractivity contribution in [2.45, 2.75) is 20.1 Å². The summed E-state index contributed by atoms with van der Waals surface area (Å²) < 4.78 is 9.79. The summed E-state index contributed by atoms with van der Waals surface area (Å²) in [6.45, 7) is 4.57. The molecular weight excluding hydrogens is 134 g/mol. The van der Waals surface area contributed by atoms with Gasteiger partial charge in [-0.25, -0.2) is 0 Å². The Morgan fingerprint density at radius 3 is 2.20 bits per heavy atom. The number of hydrogen-bond donors (Lipinski definition) is 0. The van der Waals surface area contributed by atoms with E-state index in [0.29, 0.717) is 13.2 Å². The molecule has 58 valence electrons. The fourth-order valence-electron chi connectivity index (χ4n) is 0.468. The summed E-state index contributed by atoms with van der Waals surface area (Å²) in [6.07, 6.45) is -0.701. The molecule has 0 aliphatic rings. The molecule has 0 N–H and O–H groups in total. The van der Waals surface area contributed by atoms with Gasteiger partial charge in [-0.3, -0.25) is 0 Å². The number of nitrogens with zero attached hydrogens (tertiary/aromatic N) is 1. The zero-order valence-electron chi connectivity index (χ0n) is 6.16. The van der Waals surface area contributed by atoms with Gasteiger partial charge in [-0.05, 0) is 13.8 Å². The first-order chi connectivity index (χ1) is 4.85. The average Bonchev–Trinajstić information content (AvgIpc) is 1.90. The first kappa shape index (κ1) is 9.21. The van der Waals surface area contributed by atoms with Gasteiger partial charge >= 0.3 is 6.07 Å². The van der Waals surface area contributed by atoms with Crippen LogP contribution in [-0.2, 0) is 9.47 Å². The van der Waals surface area contributed by atoms with Crippen LogP contribution in [-0.4, -0.2) is 19.5 Å². The second kappa shape index (κ2) is 6.33. The smallest absolute Gasteiger partial charge is 0.361 e. The van der Waals surface area contributed by atoms with Gasteiger partial charge < -0.3 is 14.7 Å². The van der Waals surface area contributed by atoms with Crippen LogP contribution in [0.4, 0.5) is 0 Å². The van der Waals surface area contributed by atoms with Crippen molar-refractivity contribution in [2.24, 2.45) is 0 Å². The SMILES string of the molecule is CCOC(C#[N+][O-])OCC. The Morgan fingerprint density at radius 2 is 1.90 bits per heavy atom. The molecular formula is C6H11NO3. The molecule has 0 unspecified atom stereocenters. The van der Waals surface area contributed by atoms with Gasteiger partial charge in [-0.1, -0.05) is 0 Å². The van der Waals surface area contributed by atoms with E-state index in [-0.39, 0.29) is 0 Å². The Balaban J connectivity index is 3.57. The molecule has 0 aromatic carbocycles. The van der Waals surface area contributed by atoms with E-state index >= 15 is 0 Å². The predicted octanol–water partition coefficient (Wildman–Crippen LogP) is 1.22. The van der Waals surface area contributed by atoms with Gasteiger partial charge in [0.05, 0.1) is 0 Å². The lowest BCUT2D eigenvalue weighted by molar-refractivity contribution is -0.0971. The second-order valence-corrected chi connectivity index (χ2v) is 1.46. The molecule has 0 atom stereocenters. The van der Waals surface area contributed by atoms with E-state index in [2.05, 4.69) is 11.1 Å². The summed E-state index contributed by atoms with van der Waals surface area (Å²) in [5.74, 6) is 0. The monoisotopic (exact) mass is 145 g/mol. The van der Waals surface area contributed by atoms with Crippen LogP contribution in [0, 0.1) is 11.3 Å². The largest absolute Gasteiger partial charge is 0.498 e. The number of hydrogen-bond acceptors (Lipinski definition) is 3. The number of rotatable bonds is 4. The Kier molecular flexibility index (Phi) is 5.83. The van der Waals surface area contributed by atoms with Crippen molar-refractivity contribution in [1.82, 2.24) is 0 Å². The van der Waals surface area contributed by atoms with Gasteiger partial charge in [-0.2, -0.15) is 0 Å². The van der Waals surface area contributed by atoms with E-state index in [1.807, 2.05) is 0 Å². The van der Waals surface area contributed by atoms with Crippen molar-refractivity contribution in [3.05, 3.63) is 10.2 Å². The van der Waals surface area contributed by atoms with E-state index in [1.165, 1.54) is 0 Å². The zero-order chi connectivity index (χ0) is 7.82. The third kappa shape index (κ3) is 4.13. The molecule has 10 heavy (non-hydrogen) atoms.